The first kappa shape index (κ1) is 13.7. The smallest absolute Gasteiger partial charge is 0.226 e. The van der Waals surface area contributed by atoms with Gasteiger partial charge in [-0.2, -0.15) is 0 Å². The second kappa shape index (κ2) is 6.25. The summed E-state index contributed by atoms with van der Waals surface area (Å²) in [4.78, 5) is 13.6. The summed E-state index contributed by atoms with van der Waals surface area (Å²) in [5.41, 5.74) is 0. The lowest BCUT2D eigenvalue weighted by Gasteiger charge is -2.31. The van der Waals surface area contributed by atoms with Crippen LogP contribution < -0.4 is 5.32 Å². The topological polar surface area (TPSA) is 32.3 Å². The molecule has 0 radical (unpaired) electrons. The highest BCUT2D eigenvalue weighted by Crippen LogP contribution is 2.18. The van der Waals surface area contributed by atoms with E-state index in [2.05, 4.69) is 12.2 Å². The molecule has 0 saturated carbocycles. The first-order valence-corrected chi connectivity index (χ1v) is 5.15. The largest absolute Gasteiger partial charge is 0.346 e. The number of nitrogens with zero attached hydrogens (tertiary/aromatic N) is 1. The number of carbonyl (C=O) groups is 1. The van der Waals surface area contributed by atoms with E-state index in [0.717, 1.165) is 25.9 Å². The van der Waals surface area contributed by atoms with Gasteiger partial charge in [-0.3, -0.25) is 4.79 Å². The van der Waals surface area contributed by atoms with Crippen LogP contribution in [0.2, 0.25) is 0 Å². The molecule has 3 nitrogen and oxygen atoms in total. The van der Waals surface area contributed by atoms with Crippen LogP contribution in [0, 0.1) is 5.92 Å². The maximum Gasteiger partial charge on any atom is 0.226 e. The first-order chi connectivity index (χ1) is 6.16. The molecule has 1 amide bonds. The second-order valence-electron chi connectivity index (χ2n) is 3.84. The third-order valence-electron chi connectivity index (χ3n) is 2.93. The van der Waals surface area contributed by atoms with Crippen molar-refractivity contribution in [1.29, 1.82) is 0 Å². The van der Waals surface area contributed by atoms with Gasteiger partial charge in [-0.25, -0.2) is 0 Å². The van der Waals surface area contributed by atoms with E-state index in [0.29, 0.717) is 11.9 Å². The molecule has 1 N–H and O–H groups in total. The molecule has 1 aliphatic rings. The molecule has 0 bridgehead atoms. The monoisotopic (exact) mass is 220 g/mol. The molecule has 1 fully saturated rings. The van der Waals surface area contributed by atoms with Gasteiger partial charge in [0.2, 0.25) is 5.91 Å². The summed E-state index contributed by atoms with van der Waals surface area (Å²) < 4.78 is 0. The normalized spacial score (nSPS) is 26.5. The SMILES string of the molecule is CCN(C)C(=O)[C@@H]1CCCN[C@@H]1C.Cl. The Kier molecular flexibility index (Phi) is 6.12. The molecule has 1 aliphatic heterocycles. The van der Waals surface area contributed by atoms with Crippen molar-refractivity contribution in [3.05, 3.63) is 0 Å². The molecule has 1 saturated heterocycles. The van der Waals surface area contributed by atoms with Gasteiger partial charge in [-0.1, -0.05) is 0 Å². The van der Waals surface area contributed by atoms with Gasteiger partial charge in [0.15, 0.2) is 0 Å². The van der Waals surface area contributed by atoms with Gasteiger partial charge in [0.05, 0.1) is 5.92 Å². The molecule has 4 heteroatoms. The van der Waals surface area contributed by atoms with E-state index in [4.69, 9.17) is 0 Å². The molecule has 0 aromatic rings. The molecular formula is C10H21ClN2O. The maximum absolute atomic E-state index is 11.8. The van der Waals surface area contributed by atoms with Gasteiger partial charge in [-0.15, -0.1) is 12.4 Å². The van der Waals surface area contributed by atoms with Crippen molar-refractivity contribution >= 4 is 18.3 Å². The third kappa shape index (κ3) is 3.14. The average molecular weight is 221 g/mol. The van der Waals surface area contributed by atoms with Crippen molar-refractivity contribution in [2.75, 3.05) is 20.1 Å². The number of rotatable bonds is 2. The molecule has 2 atom stereocenters. The van der Waals surface area contributed by atoms with Gasteiger partial charge in [0.1, 0.15) is 0 Å². The molecule has 84 valence electrons. The fraction of sp³-hybridized carbons (Fsp3) is 0.900. The number of halogens is 1. The summed E-state index contributed by atoms with van der Waals surface area (Å²) in [7, 11) is 1.88. The molecule has 1 heterocycles. The molecular weight excluding hydrogens is 200 g/mol. The van der Waals surface area contributed by atoms with E-state index < -0.39 is 0 Å². The predicted octanol–water partition coefficient (Wildman–Crippen LogP) is 1.27. The molecule has 0 aliphatic carbocycles. The summed E-state index contributed by atoms with van der Waals surface area (Å²) in [6, 6.07) is 0.343. The van der Waals surface area contributed by atoms with E-state index in [-0.39, 0.29) is 18.3 Å². The summed E-state index contributed by atoms with van der Waals surface area (Å²) in [6.07, 6.45) is 2.16. The zero-order chi connectivity index (χ0) is 9.84. The van der Waals surface area contributed by atoms with Gasteiger partial charge in [0, 0.05) is 19.6 Å². The van der Waals surface area contributed by atoms with E-state index in [9.17, 15) is 4.79 Å². The van der Waals surface area contributed by atoms with Crippen LogP contribution in [0.1, 0.15) is 26.7 Å². The lowest BCUT2D eigenvalue weighted by atomic mass is 9.91. The predicted molar refractivity (Wildman–Crippen MR) is 60.7 cm³/mol. The van der Waals surface area contributed by atoms with Crippen molar-refractivity contribution in [2.24, 2.45) is 5.92 Å². The lowest BCUT2D eigenvalue weighted by molar-refractivity contribution is -0.135. The van der Waals surface area contributed by atoms with E-state index >= 15 is 0 Å². The Hall–Kier alpha value is -0.280. The van der Waals surface area contributed by atoms with Crippen LogP contribution in [-0.4, -0.2) is 37.0 Å². The van der Waals surface area contributed by atoms with Crippen LogP contribution in [-0.2, 0) is 4.79 Å². The highest BCUT2D eigenvalue weighted by atomic mass is 35.5. The minimum atomic E-state index is 0. The Bertz CT molecular complexity index is 187. The van der Waals surface area contributed by atoms with E-state index in [1.807, 2.05) is 18.9 Å². The number of hydrogen-bond acceptors (Lipinski definition) is 2. The summed E-state index contributed by atoms with van der Waals surface area (Å²) >= 11 is 0. The van der Waals surface area contributed by atoms with Crippen molar-refractivity contribution in [3.63, 3.8) is 0 Å². The van der Waals surface area contributed by atoms with E-state index in [1.165, 1.54) is 0 Å². The Morgan fingerprint density at radius 2 is 2.21 bits per heavy atom. The average Bonchev–Trinajstić information content (AvgIpc) is 2.16. The quantitative estimate of drug-likeness (QED) is 0.761. The number of piperidine rings is 1. The van der Waals surface area contributed by atoms with Crippen LogP contribution in [0.25, 0.3) is 0 Å². The second-order valence-corrected chi connectivity index (χ2v) is 3.84. The van der Waals surface area contributed by atoms with Gasteiger partial charge >= 0.3 is 0 Å². The fourth-order valence-corrected chi connectivity index (χ4v) is 1.82. The van der Waals surface area contributed by atoms with Crippen LogP contribution in [0.15, 0.2) is 0 Å². The van der Waals surface area contributed by atoms with Gasteiger partial charge in [0.25, 0.3) is 0 Å². The fourth-order valence-electron chi connectivity index (χ4n) is 1.82. The number of hydrogen-bond donors (Lipinski definition) is 1. The van der Waals surface area contributed by atoms with Crippen LogP contribution in [0.5, 0.6) is 0 Å². The van der Waals surface area contributed by atoms with Crippen molar-refractivity contribution in [2.45, 2.75) is 32.7 Å². The molecule has 0 unspecified atom stereocenters. The van der Waals surface area contributed by atoms with Gasteiger partial charge in [-0.05, 0) is 33.2 Å². The van der Waals surface area contributed by atoms with Crippen molar-refractivity contribution < 1.29 is 4.79 Å². The minimum absolute atomic E-state index is 0. The highest BCUT2D eigenvalue weighted by molar-refractivity contribution is 5.85. The standard InChI is InChI=1S/C10H20N2O.ClH/c1-4-12(3)10(13)9-6-5-7-11-8(9)2;/h8-9,11H,4-7H2,1-3H3;1H/t8-,9-;/m1./s1. The number of amides is 1. The van der Waals surface area contributed by atoms with Crippen molar-refractivity contribution in [3.8, 4) is 0 Å². The molecule has 0 spiro atoms. The summed E-state index contributed by atoms with van der Waals surface area (Å²) in [5, 5.41) is 3.34. The Balaban J connectivity index is 0.00000169. The summed E-state index contributed by atoms with van der Waals surface area (Å²) in [5.74, 6) is 0.487. The van der Waals surface area contributed by atoms with Crippen molar-refractivity contribution in [1.82, 2.24) is 10.2 Å². The Morgan fingerprint density at radius 3 is 2.71 bits per heavy atom. The summed E-state index contributed by atoms with van der Waals surface area (Å²) in [6.45, 7) is 5.98. The number of carbonyl (C=O) groups excluding carboxylic acids is 1. The third-order valence-corrected chi connectivity index (χ3v) is 2.93. The first-order valence-electron chi connectivity index (χ1n) is 5.15. The lowest BCUT2D eigenvalue weighted by Crippen LogP contribution is -2.47. The Morgan fingerprint density at radius 1 is 1.57 bits per heavy atom. The van der Waals surface area contributed by atoms with E-state index in [1.54, 1.807) is 0 Å². The zero-order valence-electron chi connectivity index (χ0n) is 9.25. The minimum Gasteiger partial charge on any atom is -0.346 e. The number of nitrogens with one attached hydrogen (secondary N) is 1. The molecule has 0 aromatic carbocycles. The molecule has 0 aromatic heterocycles. The Labute approximate surface area is 92.6 Å². The zero-order valence-corrected chi connectivity index (χ0v) is 10.1. The molecule has 14 heavy (non-hydrogen) atoms. The van der Waals surface area contributed by atoms with Crippen LogP contribution in [0.3, 0.4) is 0 Å². The highest BCUT2D eigenvalue weighted by Gasteiger charge is 2.28. The molecule has 1 rings (SSSR count). The maximum atomic E-state index is 11.8. The van der Waals surface area contributed by atoms with Gasteiger partial charge < -0.3 is 10.2 Å². The van der Waals surface area contributed by atoms with Crippen LogP contribution >= 0.6 is 12.4 Å². The van der Waals surface area contributed by atoms with Crippen LogP contribution in [0.4, 0.5) is 0 Å².